The van der Waals surface area contributed by atoms with E-state index in [-0.39, 0.29) is 18.7 Å². The van der Waals surface area contributed by atoms with E-state index in [1.165, 1.54) is 17.0 Å². The molecular weight excluding hydrogens is 412 g/mol. The highest BCUT2D eigenvalue weighted by Crippen LogP contribution is 2.42. The molecule has 8 heteroatoms. The van der Waals surface area contributed by atoms with Crippen molar-refractivity contribution in [1.82, 2.24) is 20.0 Å². The molecule has 5 heterocycles. The van der Waals surface area contributed by atoms with Crippen molar-refractivity contribution in [1.29, 1.82) is 0 Å². The van der Waals surface area contributed by atoms with E-state index < -0.39 is 11.4 Å². The molecule has 3 aliphatic heterocycles. The molecule has 3 fully saturated rings. The number of nitrogens with zero attached hydrogens (tertiary/aromatic N) is 3. The van der Waals surface area contributed by atoms with Gasteiger partial charge in [0.05, 0.1) is 11.3 Å². The van der Waals surface area contributed by atoms with Crippen molar-refractivity contribution in [2.75, 3.05) is 19.6 Å². The largest absolute Gasteiger partial charge is 0.481 e. The molecule has 0 aliphatic carbocycles. The zero-order chi connectivity index (χ0) is 22.2. The Labute approximate surface area is 187 Å². The fourth-order valence-corrected chi connectivity index (χ4v) is 5.94. The fraction of sp³-hybridized carbons (Fsp3) is 0.609. The number of carbonyl (C=O) groups is 2. The molecule has 0 spiro atoms. The van der Waals surface area contributed by atoms with E-state index in [2.05, 4.69) is 33.8 Å². The first-order valence-corrected chi connectivity index (χ1v) is 11.9. The van der Waals surface area contributed by atoms with Gasteiger partial charge < -0.3 is 10.4 Å². The molecule has 7 nitrogen and oxygen atoms in total. The molecule has 168 valence electrons. The third-order valence-corrected chi connectivity index (χ3v) is 7.64. The molecular formula is C23H32N4O3S. The first kappa shape index (κ1) is 22.0. The number of nitrogens with one attached hydrogen (secondary N) is 1. The van der Waals surface area contributed by atoms with Crippen molar-refractivity contribution in [2.24, 2.45) is 18.4 Å². The third-order valence-electron chi connectivity index (χ3n) is 6.75. The highest BCUT2D eigenvalue weighted by Gasteiger charge is 2.42. The third kappa shape index (κ3) is 5.01. The average molecular weight is 445 g/mol. The Morgan fingerprint density at radius 1 is 1.35 bits per heavy atom. The van der Waals surface area contributed by atoms with Crippen LogP contribution in [-0.4, -0.2) is 57.3 Å². The van der Waals surface area contributed by atoms with Crippen LogP contribution in [0.2, 0.25) is 0 Å². The Morgan fingerprint density at radius 2 is 2.16 bits per heavy atom. The Hall–Kier alpha value is -2.19. The molecule has 2 aromatic rings. The number of carboxylic acids is 1. The van der Waals surface area contributed by atoms with Crippen LogP contribution in [0, 0.1) is 11.3 Å². The lowest BCUT2D eigenvalue weighted by Crippen LogP contribution is -2.56. The summed E-state index contributed by atoms with van der Waals surface area (Å²) in [6, 6.07) is 6.78. The van der Waals surface area contributed by atoms with Crippen LogP contribution < -0.4 is 5.32 Å². The van der Waals surface area contributed by atoms with Crippen molar-refractivity contribution in [3.05, 3.63) is 29.3 Å². The lowest BCUT2D eigenvalue weighted by molar-refractivity contribution is -0.139. The summed E-state index contributed by atoms with van der Waals surface area (Å²) < 4.78 is 2.04. The van der Waals surface area contributed by atoms with Gasteiger partial charge in [0.1, 0.15) is 5.69 Å². The number of aryl methyl sites for hydroxylation is 1. The molecule has 2 N–H and O–H groups in total. The lowest BCUT2D eigenvalue weighted by Gasteiger charge is -2.50. The SMILES string of the molecule is Cn1nc(-c2cccs2)cc1C1CN2CCC1CC2CNC(=O)CC(C)(C)CC(=O)O. The maximum atomic E-state index is 12.4. The summed E-state index contributed by atoms with van der Waals surface area (Å²) in [5.74, 6) is 0.151. The molecule has 1 amide bonds. The summed E-state index contributed by atoms with van der Waals surface area (Å²) in [4.78, 5) is 27.1. The molecule has 3 saturated heterocycles. The summed E-state index contributed by atoms with van der Waals surface area (Å²) in [6.07, 6.45) is 2.49. The van der Waals surface area contributed by atoms with Crippen molar-refractivity contribution >= 4 is 23.2 Å². The Balaban J connectivity index is 1.35. The number of carbonyl (C=O) groups excluding carboxylic acids is 1. The van der Waals surface area contributed by atoms with Gasteiger partial charge in [-0.15, -0.1) is 11.3 Å². The number of aliphatic carboxylic acids is 1. The van der Waals surface area contributed by atoms with E-state index in [9.17, 15) is 9.59 Å². The molecule has 4 atom stereocenters. The van der Waals surface area contributed by atoms with E-state index in [1.807, 2.05) is 25.6 Å². The Morgan fingerprint density at radius 3 is 2.81 bits per heavy atom. The van der Waals surface area contributed by atoms with Gasteiger partial charge in [-0.2, -0.15) is 5.10 Å². The highest BCUT2D eigenvalue weighted by molar-refractivity contribution is 7.13. The fourth-order valence-electron chi connectivity index (χ4n) is 5.26. The van der Waals surface area contributed by atoms with Gasteiger partial charge in [0.25, 0.3) is 0 Å². The van der Waals surface area contributed by atoms with Crippen molar-refractivity contribution in [3.63, 3.8) is 0 Å². The highest BCUT2D eigenvalue weighted by atomic mass is 32.1. The minimum absolute atomic E-state index is 0.00210. The molecule has 2 aromatic heterocycles. The second-order valence-electron chi connectivity index (χ2n) is 9.81. The number of thiophene rings is 1. The molecule has 4 unspecified atom stereocenters. The average Bonchev–Trinajstić information content (AvgIpc) is 3.35. The van der Waals surface area contributed by atoms with E-state index in [4.69, 9.17) is 10.2 Å². The zero-order valence-electron chi connectivity index (χ0n) is 18.5. The molecule has 0 saturated carbocycles. The van der Waals surface area contributed by atoms with Crippen LogP contribution in [0.3, 0.4) is 0 Å². The summed E-state index contributed by atoms with van der Waals surface area (Å²) >= 11 is 1.72. The number of amides is 1. The normalized spacial score (nSPS) is 25.5. The predicted molar refractivity (Wildman–Crippen MR) is 121 cm³/mol. The van der Waals surface area contributed by atoms with Crippen LogP contribution in [0.5, 0.6) is 0 Å². The number of carboxylic acid groups (broad SMARTS) is 1. The van der Waals surface area contributed by atoms with Gasteiger partial charge in [-0.3, -0.25) is 19.2 Å². The van der Waals surface area contributed by atoms with Gasteiger partial charge in [-0.05, 0) is 48.2 Å². The zero-order valence-corrected chi connectivity index (χ0v) is 19.3. The molecule has 31 heavy (non-hydrogen) atoms. The van der Waals surface area contributed by atoms with Crippen LogP contribution in [0.15, 0.2) is 23.6 Å². The summed E-state index contributed by atoms with van der Waals surface area (Å²) in [6.45, 7) is 6.36. The molecule has 0 radical (unpaired) electrons. The predicted octanol–water partition coefficient (Wildman–Crippen LogP) is 3.33. The Bertz CT molecular complexity index is 937. The number of aromatic nitrogens is 2. The number of hydrogen-bond acceptors (Lipinski definition) is 5. The number of rotatable bonds is 8. The van der Waals surface area contributed by atoms with Gasteiger partial charge in [-0.1, -0.05) is 19.9 Å². The van der Waals surface area contributed by atoms with Gasteiger partial charge in [0.15, 0.2) is 0 Å². The van der Waals surface area contributed by atoms with E-state index >= 15 is 0 Å². The number of hydrogen-bond donors (Lipinski definition) is 2. The molecule has 3 aliphatic rings. The monoisotopic (exact) mass is 444 g/mol. The van der Waals surface area contributed by atoms with Crippen LogP contribution in [0.25, 0.3) is 10.6 Å². The van der Waals surface area contributed by atoms with Crippen molar-refractivity contribution in [2.45, 2.75) is 51.5 Å². The van der Waals surface area contributed by atoms with Gasteiger partial charge >= 0.3 is 5.97 Å². The van der Waals surface area contributed by atoms with Crippen LogP contribution in [0.1, 0.15) is 51.1 Å². The second kappa shape index (κ2) is 8.74. The van der Waals surface area contributed by atoms with Crippen LogP contribution in [0.4, 0.5) is 0 Å². The van der Waals surface area contributed by atoms with E-state index in [0.717, 1.165) is 25.2 Å². The summed E-state index contributed by atoms with van der Waals surface area (Å²) in [5.41, 5.74) is 1.82. The number of piperidine rings is 3. The van der Waals surface area contributed by atoms with E-state index in [0.29, 0.717) is 24.4 Å². The maximum absolute atomic E-state index is 12.4. The first-order valence-electron chi connectivity index (χ1n) is 11.0. The first-order chi connectivity index (χ1) is 14.7. The summed E-state index contributed by atoms with van der Waals surface area (Å²) in [7, 11) is 2.04. The maximum Gasteiger partial charge on any atom is 0.303 e. The topological polar surface area (TPSA) is 87.5 Å². The molecule has 0 aromatic carbocycles. The Kier molecular flexibility index (Phi) is 6.21. The van der Waals surface area contributed by atoms with Crippen molar-refractivity contribution in [3.8, 4) is 10.6 Å². The van der Waals surface area contributed by atoms with Crippen LogP contribution >= 0.6 is 11.3 Å². The minimum Gasteiger partial charge on any atom is -0.481 e. The van der Waals surface area contributed by atoms with Crippen LogP contribution in [-0.2, 0) is 16.6 Å². The number of fused-ring (bicyclic) bond motifs is 3. The lowest BCUT2D eigenvalue weighted by atomic mass is 9.74. The molecule has 5 rings (SSSR count). The van der Waals surface area contributed by atoms with Gasteiger partial charge in [-0.25, -0.2) is 0 Å². The van der Waals surface area contributed by atoms with E-state index in [1.54, 1.807) is 11.3 Å². The van der Waals surface area contributed by atoms with Gasteiger partial charge in [0, 0.05) is 44.2 Å². The summed E-state index contributed by atoms with van der Waals surface area (Å²) in [5, 5.41) is 18.9. The minimum atomic E-state index is -0.864. The standard InChI is InChI=1S/C23H32N4O3S/c1-23(2,12-22(29)30)11-21(28)24-13-16-9-15-6-7-27(16)14-17(15)19-10-18(25-26(19)3)20-5-4-8-31-20/h4-5,8,10,15-17H,6-7,9,11-14H2,1-3H3,(H,24,28)(H,29,30). The smallest absolute Gasteiger partial charge is 0.303 e. The quantitative estimate of drug-likeness (QED) is 0.652. The second-order valence-corrected chi connectivity index (χ2v) is 10.8. The molecule has 2 bridgehead atoms. The van der Waals surface area contributed by atoms with Crippen molar-refractivity contribution < 1.29 is 14.7 Å². The van der Waals surface area contributed by atoms with Gasteiger partial charge in [0.2, 0.25) is 5.91 Å².